The van der Waals surface area contributed by atoms with E-state index in [0.717, 1.165) is 25.2 Å². The van der Waals surface area contributed by atoms with Crippen molar-refractivity contribution in [2.75, 3.05) is 32.7 Å². The standard InChI is InChI=1S/C13H20ClN3O2S/c1-2-16-5-7-17(8-6-16)20(18,19)13-4-3-11(10-15)9-12(13)14/h3-4,9H,2,5-8,10,15H2,1H3. The van der Waals surface area contributed by atoms with Crippen LogP contribution < -0.4 is 5.73 Å². The Bertz CT molecular complexity index is 569. The van der Waals surface area contributed by atoms with Crippen molar-refractivity contribution in [3.8, 4) is 0 Å². The van der Waals surface area contributed by atoms with Gasteiger partial charge in [0.25, 0.3) is 0 Å². The van der Waals surface area contributed by atoms with E-state index in [2.05, 4.69) is 11.8 Å². The number of hydrogen-bond donors (Lipinski definition) is 1. The Morgan fingerprint density at radius 1 is 1.25 bits per heavy atom. The maximum absolute atomic E-state index is 12.6. The Morgan fingerprint density at radius 3 is 2.40 bits per heavy atom. The molecule has 0 aliphatic carbocycles. The molecule has 1 aliphatic rings. The van der Waals surface area contributed by atoms with Gasteiger partial charge in [0.05, 0.1) is 5.02 Å². The molecule has 1 aliphatic heterocycles. The number of likely N-dealkylation sites (N-methyl/N-ethyl adjacent to an activating group) is 1. The van der Waals surface area contributed by atoms with E-state index in [0.29, 0.717) is 19.6 Å². The number of nitrogens with zero attached hydrogens (tertiary/aromatic N) is 2. The van der Waals surface area contributed by atoms with Crippen LogP contribution >= 0.6 is 11.6 Å². The van der Waals surface area contributed by atoms with Crippen LogP contribution in [-0.4, -0.2) is 50.3 Å². The molecule has 1 aromatic carbocycles. The van der Waals surface area contributed by atoms with Gasteiger partial charge in [0.15, 0.2) is 0 Å². The Balaban J connectivity index is 2.23. The molecular formula is C13H20ClN3O2S. The zero-order chi connectivity index (χ0) is 14.8. The van der Waals surface area contributed by atoms with Gasteiger partial charge in [-0.3, -0.25) is 0 Å². The van der Waals surface area contributed by atoms with Crippen LogP contribution in [0.25, 0.3) is 0 Å². The summed E-state index contributed by atoms with van der Waals surface area (Å²) >= 11 is 6.10. The lowest BCUT2D eigenvalue weighted by atomic mass is 10.2. The molecular weight excluding hydrogens is 298 g/mol. The second-order valence-electron chi connectivity index (χ2n) is 4.81. The first-order chi connectivity index (χ1) is 9.48. The summed E-state index contributed by atoms with van der Waals surface area (Å²) in [5.74, 6) is 0. The molecule has 0 atom stereocenters. The van der Waals surface area contributed by atoms with E-state index < -0.39 is 10.0 Å². The van der Waals surface area contributed by atoms with Crippen LogP contribution in [0.1, 0.15) is 12.5 Å². The van der Waals surface area contributed by atoms with Gasteiger partial charge in [-0.1, -0.05) is 24.6 Å². The fraction of sp³-hybridized carbons (Fsp3) is 0.538. The van der Waals surface area contributed by atoms with Gasteiger partial charge in [0.2, 0.25) is 10.0 Å². The lowest BCUT2D eigenvalue weighted by Crippen LogP contribution is -2.48. The van der Waals surface area contributed by atoms with Crippen molar-refractivity contribution in [3.63, 3.8) is 0 Å². The minimum atomic E-state index is -3.52. The van der Waals surface area contributed by atoms with Gasteiger partial charge in [-0.05, 0) is 24.2 Å². The molecule has 0 amide bonds. The van der Waals surface area contributed by atoms with Crippen molar-refractivity contribution in [2.45, 2.75) is 18.4 Å². The highest BCUT2D eigenvalue weighted by Crippen LogP contribution is 2.26. The van der Waals surface area contributed by atoms with Gasteiger partial charge in [-0.25, -0.2) is 8.42 Å². The van der Waals surface area contributed by atoms with Crippen LogP contribution in [0.2, 0.25) is 5.02 Å². The van der Waals surface area contributed by atoms with Crippen molar-refractivity contribution in [1.29, 1.82) is 0 Å². The third-order valence-corrected chi connectivity index (χ3v) is 6.01. The van der Waals surface area contributed by atoms with Gasteiger partial charge >= 0.3 is 0 Å². The van der Waals surface area contributed by atoms with Gasteiger partial charge in [0, 0.05) is 32.7 Å². The third kappa shape index (κ3) is 3.15. The number of sulfonamides is 1. The summed E-state index contributed by atoms with van der Waals surface area (Å²) in [4.78, 5) is 2.40. The quantitative estimate of drug-likeness (QED) is 0.904. The number of benzene rings is 1. The lowest BCUT2D eigenvalue weighted by Gasteiger charge is -2.33. The third-order valence-electron chi connectivity index (χ3n) is 3.63. The van der Waals surface area contributed by atoms with E-state index >= 15 is 0 Å². The van der Waals surface area contributed by atoms with Crippen LogP contribution in [0.15, 0.2) is 23.1 Å². The molecule has 0 radical (unpaired) electrons. The average molecular weight is 318 g/mol. The molecule has 1 saturated heterocycles. The largest absolute Gasteiger partial charge is 0.326 e. The summed E-state index contributed by atoms with van der Waals surface area (Å²) in [5, 5.41) is 0.242. The number of nitrogens with two attached hydrogens (primary N) is 1. The molecule has 0 bridgehead atoms. The number of rotatable bonds is 4. The van der Waals surface area contributed by atoms with E-state index in [9.17, 15) is 8.42 Å². The zero-order valence-corrected chi connectivity index (χ0v) is 13.1. The fourth-order valence-electron chi connectivity index (χ4n) is 2.31. The van der Waals surface area contributed by atoms with E-state index in [-0.39, 0.29) is 9.92 Å². The Morgan fingerprint density at radius 2 is 1.90 bits per heavy atom. The highest BCUT2D eigenvalue weighted by molar-refractivity contribution is 7.89. The fourth-order valence-corrected chi connectivity index (χ4v) is 4.27. The van der Waals surface area contributed by atoms with E-state index in [4.69, 9.17) is 17.3 Å². The number of piperazine rings is 1. The lowest BCUT2D eigenvalue weighted by molar-refractivity contribution is 0.196. The molecule has 20 heavy (non-hydrogen) atoms. The van der Waals surface area contributed by atoms with Gasteiger partial charge < -0.3 is 10.6 Å². The summed E-state index contributed by atoms with van der Waals surface area (Å²) in [5.41, 5.74) is 6.35. The predicted molar refractivity (Wildman–Crippen MR) is 80.2 cm³/mol. The topological polar surface area (TPSA) is 66.6 Å². The molecule has 1 fully saturated rings. The van der Waals surface area contributed by atoms with Crippen molar-refractivity contribution in [2.24, 2.45) is 5.73 Å². The molecule has 112 valence electrons. The first-order valence-electron chi connectivity index (χ1n) is 6.70. The van der Waals surface area contributed by atoms with Crippen LogP contribution in [0, 0.1) is 0 Å². The van der Waals surface area contributed by atoms with E-state index in [1.54, 1.807) is 18.2 Å². The highest BCUT2D eigenvalue weighted by atomic mass is 35.5. The Labute approximate surface area is 125 Å². The Kier molecular flexibility index (Phi) is 5.04. The smallest absolute Gasteiger partial charge is 0.244 e. The van der Waals surface area contributed by atoms with Crippen molar-refractivity contribution < 1.29 is 8.42 Å². The van der Waals surface area contributed by atoms with Gasteiger partial charge in [-0.15, -0.1) is 0 Å². The molecule has 0 spiro atoms. The summed E-state index contributed by atoms with van der Waals surface area (Å²) in [6.45, 7) is 5.89. The second kappa shape index (κ2) is 6.41. The van der Waals surface area contributed by atoms with Gasteiger partial charge in [0.1, 0.15) is 4.90 Å². The SMILES string of the molecule is CCN1CCN(S(=O)(=O)c2ccc(CN)cc2Cl)CC1. The van der Waals surface area contributed by atoms with Crippen molar-refractivity contribution >= 4 is 21.6 Å². The molecule has 0 saturated carbocycles. The highest BCUT2D eigenvalue weighted by Gasteiger charge is 2.29. The zero-order valence-electron chi connectivity index (χ0n) is 11.5. The first kappa shape index (κ1) is 15.7. The predicted octanol–water partition coefficient (Wildman–Crippen LogP) is 1.12. The average Bonchev–Trinajstić information content (AvgIpc) is 2.46. The molecule has 2 N–H and O–H groups in total. The normalized spacial score (nSPS) is 18.4. The summed E-state index contributed by atoms with van der Waals surface area (Å²) in [6, 6.07) is 4.88. The maximum Gasteiger partial charge on any atom is 0.244 e. The minimum absolute atomic E-state index is 0.168. The first-order valence-corrected chi connectivity index (χ1v) is 8.52. The van der Waals surface area contributed by atoms with Crippen LogP contribution in [0.4, 0.5) is 0 Å². The number of hydrogen-bond acceptors (Lipinski definition) is 4. The summed E-state index contributed by atoms with van der Waals surface area (Å²) in [6.07, 6.45) is 0. The molecule has 1 heterocycles. The summed E-state index contributed by atoms with van der Waals surface area (Å²) < 4.78 is 26.7. The molecule has 0 unspecified atom stereocenters. The second-order valence-corrected chi connectivity index (χ2v) is 7.12. The van der Waals surface area contributed by atoms with Crippen molar-refractivity contribution in [3.05, 3.63) is 28.8 Å². The van der Waals surface area contributed by atoms with E-state index in [1.807, 2.05) is 0 Å². The van der Waals surface area contributed by atoms with Crippen molar-refractivity contribution in [1.82, 2.24) is 9.21 Å². The summed E-state index contributed by atoms with van der Waals surface area (Å²) in [7, 11) is -3.52. The van der Waals surface area contributed by atoms with Crippen LogP contribution in [0.5, 0.6) is 0 Å². The minimum Gasteiger partial charge on any atom is -0.326 e. The van der Waals surface area contributed by atoms with Gasteiger partial charge in [-0.2, -0.15) is 4.31 Å². The molecule has 2 rings (SSSR count). The molecule has 0 aromatic heterocycles. The molecule has 5 nitrogen and oxygen atoms in total. The maximum atomic E-state index is 12.6. The number of halogens is 1. The van der Waals surface area contributed by atoms with Crippen LogP contribution in [-0.2, 0) is 16.6 Å². The van der Waals surface area contributed by atoms with Crippen LogP contribution in [0.3, 0.4) is 0 Å². The Hall–Kier alpha value is -0.660. The molecule has 7 heteroatoms. The molecule has 1 aromatic rings. The monoisotopic (exact) mass is 317 g/mol. The van der Waals surface area contributed by atoms with E-state index in [1.165, 1.54) is 4.31 Å².